The third-order valence-electron chi connectivity index (χ3n) is 4.07. The summed E-state index contributed by atoms with van der Waals surface area (Å²) in [5, 5.41) is 3.46. The van der Waals surface area contributed by atoms with Gasteiger partial charge in [-0.1, -0.05) is 6.07 Å². The molecule has 1 N–H and O–H groups in total. The van der Waals surface area contributed by atoms with E-state index < -0.39 is 11.6 Å². The Kier molecular flexibility index (Phi) is 3.92. The lowest BCUT2D eigenvalue weighted by Crippen LogP contribution is -2.33. The van der Waals surface area contributed by atoms with Crippen LogP contribution in [0.15, 0.2) is 36.5 Å². The third-order valence-corrected chi connectivity index (χ3v) is 4.07. The van der Waals surface area contributed by atoms with Crippen LogP contribution in [0.25, 0.3) is 0 Å². The number of hydrogen-bond acceptors (Lipinski definition) is 2. The van der Waals surface area contributed by atoms with Crippen molar-refractivity contribution < 1.29 is 8.78 Å². The Morgan fingerprint density at radius 2 is 1.95 bits per heavy atom. The van der Waals surface area contributed by atoms with Crippen LogP contribution in [0, 0.1) is 11.6 Å². The maximum Gasteiger partial charge on any atom is 0.149 e. The summed E-state index contributed by atoms with van der Waals surface area (Å²) in [4.78, 5) is 1.79. The van der Waals surface area contributed by atoms with E-state index in [1.807, 2.05) is 19.3 Å². The molecule has 1 saturated heterocycles. The van der Waals surface area contributed by atoms with Crippen molar-refractivity contribution in [3.63, 3.8) is 0 Å². The molecular formula is C16H19F2N3. The van der Waals surface area contributed by atoms with Gasteiger partial charge >= 0.3 is 0 Å². The molecule has 3 nitrogen and oxygen atoms in total. The van der Waals surface area contributed by atoms with E-state index in [9.17, 15) is 8.78 Å². The van der Waals surface area contributed by atoms with E-state index in [4.69, 9.17) is 0 Å². The Hall–Kier alpha value is -1.88. The van der Waals surface area contributed by atoms with Crippen LogP contribution >= 0.6 is 0 Å². The third kappa shape index (κ3) is 2.93. The minimum absolute atomic E-state index is 0.0978. The van der Waals surface area contributed by atoms with E-state index in [1.165, 1.54) is 23.9 Å². The van der Waals surface area contributed by atoms with E-state index in [0.29, 0.717) is 13.1 Å². The summed E-state index contributed by atoms with van der Waals surface area (Å²) < 4.78 is 29.6. The molecule has 0 bridgehead atoms. The number of aromatic nitrogens is 1. The number of aryl methyl sites for hydroxylation is 1. The first-order valence-corrected chi connectivity index (χ1v) is 7.17. The Labute approximate surface area is 123 Å². The number of halogens is 2. The van der Waals surface area contributed by atoms with Gasteiger partial charge in [0.15, 0.2) is 0 Å². The lowest BCUT2D eigenvalue weighted by atomic mass is 10.2. The van der Waals surface area contributed by atoms with Gasteiger partial charge in [-0.3, -0.25) is 0 Å². The van der Waals surface area contributed by atoms with Gasteiger partial charge in [-0.25, -0.2) is 8.78 Å². The fourth-order valence-corrected chi connectivity index (χ4v) is 2.85. The van der Waals surface area contributed by atoms with E-state index in [-0.39, 0.29) is 11.7 Å². The van der Waals surface area contributed by atoms with Crippen LogP contribution in [0.1, 0.15) is 12.1 Å². The summed E-state index contributed by atoms with van der Waals surface area (Å²) in [6, 6.07) is 8.34. The monoisotopic (exact) mass is 291 g/mol. The second-order valence-corrected chi connectivity index (χ2v) is 5.49. The first kappa shape index (κ1) is 14.1. The van der Waals surface area contributed by atoms with Gasteiger partial charge in [0, 0.05) is 44.6 Å². The van der Waals surface area contributed by atoms with E-state index >= 15 is 0 Å². The molecule has 0 radical (unpaired) electrons. The predicted octanol–water partition coefficient (Wildman–Crippen LogP) is 2.67. The zero-order chi connectivity index (χ0) is 14.8. The van der Waals surface area contributed by atoms with Gasteiger partial charge in [0.25, 0.3) is 0 Å². The SMILES string of the molecule is Cn1cccc1CNC1CCN(c2c(F)cccc2F)C1. The highest BCUT2D eigenvalue weighted by molar-refractivity contribution is 5.50. The van der Waals surface area contributed by atoms with Gasteiger partial charge in [-0.2, -0.15) is 0 Å². The summed E-state index contributed by atoms with van der Waals surface area (Å²) in [5.74, 6) is -0.976. The number of hydrogen-bond donors (Lipinski definition) is 1. The summed E-state index contributed by atoms with van der Waals surface area (Å²) in [6.45, 7) is 2.06. The number of anilines is 1. The molecule has 3 rings (SSSR count). The molecule has 2 aromatic rings. The predicted molar refractivity (Wildman–Crippen MR) is 79.2 cm³/mol. The zero-order valence-corrected chi connectivity index (χ0v) is 12.0. The molecular weight excluding hydrogens is 272 g/mol. The van der Waals surface area contributed by atoms with Crippen molar-refractivity contribution in [2.24, 2.45) is 7.05 Å². The van der Waals surface area contributed by atoms with Crippen LogP contribution in [0.5, 0.6) is 0 Å². The van der Waals surface area contributed by atoms with Crippen LogP contribution in [-0.4, -0.2) is 23.7 Å². The highest BCUT2D eigenvalue weighted by Crippen LogP contribution is 2.26. The molecule has 0 spiro atoms. The van der Waals surface area contributed by atoms with Crippen LogP contribution in [0.2, 0.25) is 0 Å². The first-order chi connectivity index (χ1) is 10.1. The fraction of sp³-hybridized carbons (Fsp3) is 0.375. The van der Waals surface area contributed by atoms with Crippen molar-refractivity contribution >= 4 is 5.69 Å². The first-order valence-electron chi connectivity index (χ1n) is 7.17. The molecule has 1 atom stereocenters. The number of rotatable bonds is 4. The van der Waals surface area contributed by atoms with E-state index in [2.05, 4.69) is 16.0 Å². The average molecular weight is 291 g/mol. The molecule has 2 heterocycles. The van der Waals surface area contributed by atoms with Crippen LogP contribution < -0.4 is 10.2 Å². The largest absolute Gasteiger partial charge is 0.365 e. The summed E-state index contributed by atoms with van der Waals surface area (Å²) in [6.07, 6.45) is 2.89. The van der Waals surface area contributed by atoms with Crippen molar-refractivity contribution in [3.8, 4) is 0 Å². The Bertz CT molecular complexity index is 603. The molecule has 112 valence electrons. The van der Waals surface area contributed by atoms with Crippen LogP contribution in [-0.2, 0) is 13.6 Å². The topological polar surface area (TPSA) is 20.2 Å². The molecule has 0 amide bonds. The second kappa shape index (κ2) is 5.85. The molecule has 1 aromatic carbocycles. The standard InChI is InChI=1S/C16H19F2N3/c1-20-8-3-4-13(20)10-19-12-7-9-21(11-12)16-14(17)5-2-6-15(16)18/h2-6,8,12,19H,7,9-11H2,1H3. The Morgan fingerprint density at radius 3 is 2.62 bits per heavy atom. The summed E-state index contributed by atoms with van der Waals surface area (Å²) in [5.41, 5.74) is 1.30. The van der Waals surface area contributed by atoms with Crippen molar-refractivity contribution in [1.29, 1.82) is 0 Å². The molecule has 21 heavy (non-hydrogen) atoms. The summed E-state index contributed by atoms with van der Waals surface area (Å²) >= 11 is 0. The molecule has 5 heteroatoms. The summed E-state index contributed by atoms with van der Waals surface area (Å²) in [7, 11) is 2.01. The number of nitrogens with one attached hydrogen (secondary N) is 1. The van der Waals surface area contributed by atoms with Crippen LogP contribution in [0.3, 0.4) is 0 Å². The molecule has 1 aliphatic rings. The number of benzene rings is 1. The van der Waals surface area contributed by atoms with Gasteiger partial charge in [0.2, 0.25) is 0 Å². The quantitative estimate of drug-likeness (QED) is 0.934. The van der Waals surface area contributed by atoms with Gasteiger partial charge in [0.1, 0.15) is 17.3 Å². The van der Waals surface area contributed by atoms with Crippen molar-refractivity contribution in [2.75, 3.05) is 18.0 Å². The van der Waals surface area contributed by atoms with Gasteiger partial charge in [0.05, 0.1) is 0 Å². The van der Waals surface area contributed by atoms with Crippen molar-refractivity contribution in [2.45, 2.75) is 19.0 Å². The minimum atomic E-state index is -0.488. The van der Waals surface area contributed by atoms with E-state index in [1.54, 1.807) is 4.90 Å². The number of para-hydroxylation sites is 1. The average Bonchev–Trinajstić information content (AvgIpc) is 3.06. The van der Waals surface area contributed by atoms with Gasteiger partial charge < -0.3 is 14.8 Å². The maximum atomic E-state index is 13.8. The Morgan fingerprint density at radius 1 is 1.19 bits per heavy atom. The minimum Gasteiger partial charge on any atom is -0.365 e. The van der Waals surface area contributed by atoms with Crippen LogP contribution in [0.4, 0.5) is 14.5 Å². The lowest BCUT2D eigenvalue weighted by molar-refractivity contribution is 0.535. The van der Waals surface area contributed by atoms with Crippen molar-refractivity contribution in [3.05, 3.63) is 53.9 Å². The maximum absolute atomic E-state index is 13.8. The molecule has 1 unspecified atom stereocenters. The smallest absolute Gasteiger partial charge is 0.149 e. The highest BCUT2D eigenvalue weighted by atomic mass is 19.1. The Balaban J connectivity index is 1.62. The zero-order valence-electron chi connectivity index (χ0n) is 12.0. The molecule has 0 saturated carbocycles. The molecule has 1 aliphatic heterocycles. The second-order valence-electron chi connectivity index (χ2n) is 5.49. The van der Waals surface area contributed by atoms with E-state index in [0.717, 1.165) is 13.0 Å². The highest BCUT2D eigenvalue weighted by Gasteiger charge is 2.26. The molecule has 1 aromatic heterocycles. The van der Waals surface area contributed by atoms with Crippen molar-refractivity contribution in [1.82, 2.24) is 9.88 Å². The van der Waals surface area contributed by atoms with Gasteiger partial charge in [-0.15, -0.1) is 0 Å². The fourth-order valence-electron chi connectivity index (χ4n) is 2.85. The lowest BCUT2D eigenvalue weighted by Gasteiger charge is -2.20. The molecule has 1 fully saturated rings. The van der Waals surface area contributed by atoms with Gasteiger partial charge in [-0.05, 0) is 30.7 Å². The molecule has 0 aliphatic carbocycles. The number of nitrogens with zero attached hydrogens (tertiary/aromatic N) is 2. The normalized spacial score (nSPS) is 18.4.